The highest BCUT2D eigenvalue weighted by Gasteiger charge is 2.29. The van der Waals surface area contributed by atoms with Crippen LogP contribution in [0.25, 0.3) is 0 Å². The van der Waals surface area contributed by atoms with Crippen LogP contribution >= 0.6 is 11.6 Å². The van der Waals surface area contributed by atoms with Crippen LogP contribution < -0.4 is 20.5 Å². The first-order chi connectivity index (χ1) is 14.9. The summed E-state index contributed by atoms with van der Waals surface area (Å²) < 4.78 is 10.6. The topological polar surface area (TPSA) is 93.9 Å². The number of ether oxygens (including phenoxy) is 2. The number of anilines is 1. The molecule has 0 radical (unpaired) electrons. The molecule has 4 rings (SSSR count). The Morgan fingerprint density at radius 3 is 2.68 bits per heavy atom. The summed E-state index contributed by atoms with van der Waals surface area (Å²) in [4.78, 5) is 26.9. The Hall–Kier alpha value is -2.77. The molecule has 1 aliphatic heterocycles. The third kappa shape index (κ3) is 4.78. The quantitative estimate of drug-likeness (QED) is 0.730. The van der Waals surface area contributed by atoms with E-state index in [-0.39, 0.29) is 30.7 Å². The van der Waals surface area contributed by atoms with Crippen LogP contribution in [0.15, 0.2) is 36.4 Å². The summed E-state index contributed by atoms with van der Waals surface area (Å²) in [5, 5.41) is 3.42. The molecule has 1 aliphatic carbocycles. The number of rotatable bonds is 5. The van der Waals surface area contributed by atoms with E-state index in [1.807, 2.05) is 0 Å². The van der Waals surface area contributed by atoms with Gasteiger partial charge in [-0.1, -0.05) is 24.4 Å². The highest BCUT2D eigenvalue weighted by Crippen LogP contribution is 2.33. The average Bonchev–Trinajstić information content (AvgIpc) is 3.22. The lowest BCUT2D eigenvalue weighted by Gasteiger charge is -2.38. The number of nitrogens with zero attached hydrogens (tertiary/aromatic N) is 1. The van der Waals surface area contributed by atoms with Crippen LogP contribution in [0.4, 0.5) is 5.69 Å². The molecule has 164 valence electrons. The summed E-state index contributed by atoms with van der Waals surface area (Å²) in [7, 11) is 0. The lowest BCUT2D eigenvalue weighted by atomic mass is 9.89. The zero-order valence-electron chi connectivity index (χ0n) is 17.4. The third-order valence-electron chi connectivity index (χ3n) is 5.87. The van der Waals surface area contributed by atoms with Crippen molar-refractivity contribution >= 4 is 29.1 Å². The first kappa shape index (κ1) is 21.5. The van der Waals surface area contributed by atoms with Crippen molar-refractivity contribution in [3.05, 3.63) is 52.5 Å². The van der Waals surface area contributed by atoms with Gasteiger partial charge in [-0.3, -0.25) is 9.59 Å². The molecule has 2 aromatic carbocycles. The van der Waals surface area contributed by atoms with E-state index in [9.17, 15) is 9.59 Å². The lowest BCUT2D eigenvalue weighted by molar-refractivity contribution is -0.133. The molecule has 0 saturated heterocycles. The number of nitrogens with two attached hydrogens (primary N) is 1. The Morgan fingerprint density at radius 1 is 1.13 bits per heavy atom. The van der Waals surface area contributed by atoms with Crippen molar-refractivity contribution in [3.8, 4) is 11.5 Å². The second-order valence-corrected chi connectivity index (χ2v) is 8.40. The van der Waals surface area contributed by atoms with E-state index < -0.39 is 0 Å². The van der Waals surface area contributed by atoms with Gasteiger partial charge in [-0.05, 0) is 54.8 Å². The minimum absolute atomic E-state index is 0.00537. The van der Waals surface area contributed by atoms with Crippen LogP contribution in [0.5, 0.6) is 11.5 Å². The molecule has 1 saturated carbocycles. The van der Waals surface area contributed by atoms with Crippen LogP contribution in [-0.4, -0.2) is 35.6 Å². The first-order valence-electron chi connectivity index (χ1n) is 10.4. The second kappa shape index (κ2) is 9.16. The maximum Gasteiger partial charge on any atom is 0.255 e. The normalized spacial score (nSPS) is 19.7. The second-order valence-electron chi connectivity index (χ2n) is 7.99. The van der Waals surface area contributed by atoms with Crippen molar-refractivity contribution in [2.75, 3.05) is 12.1 Å². The SMILES string of the molecule is CC(=O)N(Cc1cc(NC(=O)c2ccc3c(c2)OCO3)ccc1Cl)C1CCCCC1N. The molecule has 7 nitrogen and oxygen atoms in total. The summed E-state index contributed by atoms with van der Waals surface area (Å²) in [6.07, 6.45) is 3.94. The standard InChI is InChI=1S/C23H26ClN3O4/c1-14(28)27(20-5-3-2-4-19(20)25)12-16-10-17(7-8-18(16)24)26-23(29)15-6-9-21-22(11-15)31-13-30-21/h6-11,19-20H,2-5,12-13,25H2,1H3,(H,26,29). The number of amides is 2. The minimum atomic E-state index is -0.274. The van der Waals surface area contributed by atoms with Crippen molar-refractivity contribution in [2.24, 2.45) is 5.73 Å². The predicted octanol–water partition coefficient (Wildman–Crippen LogP) is 3.94. The van der Waals surface area contributed by atoms with Gasteiger partial charge in [0, 0.05) is 41.8 Å². The zero-order valence-corrected chi connectivity index (χ0v) is 18.2. The van der Waals surface area contributed by atoms with Crippen molar-refractivity contribution in [1.82, 2.24) is 4.90 Å². The van der Waals surface area contributed by atoms with Gasteiger partial charge < -0.3 is 25.4 Å². The zero-order chi connectivity index (χ0) is 22.0. The predicted molar refractivity (Wildman–Crippen MR) is 118 cm³/mol. The third-order valence-corrected chi connectivity index (χ3v) is 6.23. The van der Waals surface area contributed by atoms with Crippen molar-refractivity contribution in [3.63, 3.8) is 0 Å². The molecule has 0 spiro atoms. The largest absolute Gasteiger partial charge is 0.454 e. The van der Waals surface area contributed by atoms with E-state index in [1.54, 1.807) is 48.2 Å². The molecule has 2 amide bonds. The number of halogens is 1. The van der Waals surface area contributed by atoms with Crippen LogP contribution in [0.1, 0.15) is 48.5 Å². The molecule has 2 aromatic rings. The summed E-state index contributed by atoms with van der Waals surface area (Å²) in [5.41, 5.74) is 8.12. The highest BCUT2D eigenvalue weighted by molar-refractivity contribution is 6.31. The highest BCUT2D eigenvalue weighted by atomic mass is 35.5. The van der Waals surface area contributed by atoms with E-state index in [0.717, 1.165) is 31.2 Å². The maximum absolute atomic E-state index is 12.7. The fraction of sp³-hybridized carbons (Fsp3) is 0.391. The lowest BCUT2D eigenvalue weighted by Crippen LogP contribution is -2.51. The van der Waals surface area contributed by atoms with E-state index in [1.165, 1.54) is 0 Å². The summed E-state index contributed by atoms with van der Waals surface area (Å²) in [6.45, 7) is 2.05. The smallest absolute Gasteiger partial charge is 0.255 e. The Kier molecular flexibility index (Phi) is 6.34. The maximum atomic E-state index is 12.7. The number of carbonyl (C=O) groups excluding carboxylic acids is 2. The van der Waals surface area contributed by atoms with Crippen LogP contribution in [0, 0.1) is 0 Å². The van der Waals surface area contributed by atoms with Gasteiger partial charge in [0.2, 0.25) is 12.7 Å². The monoisotopic (exact) mass is 443 g/mol. The van der Waals surface area contributed by atoms with Gasteiger partial charge in [0.1, 0.15) is 0 Å². The summed E-state index contributed by atoms with van der Waals surface area (Å²) >= 11 is 6.43. The number of hydrogen-bond acceptors (Lipinski definition) is 5. The number of fused-ring (bicyclic) bond motifs is 1. The number of nitrogens with one attached hydrogen (secondary N) is 1. The van der Waals surface area contributed by atoms with Gasteiger partial charge in [0.05, 0.1) is 0 Å². The Morgan fingerprint density at radius 2 is 1.90 bits per heavy atom. The van der Waals surface area contributed by atoms with Gasteiger partial charge in [0.25, 0.3) is 5.91 Å². The van der Waals surface area contributed by atoms with Gasteiger partial charge in [-0.15, -0.1) is 0 Å². The molecule has 0 aromatic heterocycles. The van der Waals surface area contributed by atoms with Crippen LogP contribution in [-0.2, 0) is 11.3 Å². The molecule has 3 N–H and O–H groups in total. The molecule has 2 aliphatic rings. The molecule has 0 bridgehead atoms. The number of hydrogen-bond donors (Lipinski definition) is 2. The van der Waals surface area contributed by atoms with E-state index in [2.05, 4.69) is 5.32 Å². The first-order valence-corrected chi connectivity index (χ1v) is 10.8. The van der Waals surface area contributed by atoms with E-state index in [0.29, 0.717) is 34.3 Å². The van der Waals surface area contributed by atoms with Crippen molar-refractivity contribution in [2.45, 2.75) is 51.2 Å². The van der Waals surface area contributed by atoms with Gasteiger partial charge in [-0.2, -0.15) is 0 Å². The van der Waals surface area contributed by atoms with Gasteiger partial charge >= 0.3 is 0 Å². The van der Waals surface area contributed by atoms with Crippen LogP contribution in [0.2, 0.25) is 5.02 Å². The molecule has 1 fully saturated rings. The molecule has 1 heterocycles. The molecule has 31 heavy (non-hydrogen) atoms. The molecular formula is C23H26ClN3O4. The van der Waals surface area contributed by atoms with Crippen molar-refractivity contribution < 1.29 is 19.1 Å². The number of carbonyl (C=O) groups is 2. The van der Waals surface area contributed by atoms with Crippen LogP contribution in [0.3, 0.4) is 0 Å². The molecular weight excluding hydrogens is 418 g/mol. The Balaban J connectivity index is 1.51. The molecule has 2 unspecified atom stereocenters. The number of benzene rings is 2. The van der Waals surface area contributed by atoms with E-state index >= 15 is 0 Å². The summed E-state index contributed by atoms with van der Waals surface area (Å²) in [6, 6.07) is 10.3. The fourth-order valence-electron chi connectivity index (χ4n) is 4.19. The van der Waals surface area contributed by atoms with Gasteiger partial charge in [-0.25, -0.2) is 0 Å². The average molecular weight is 444 g/mol. The Labute approximate surface area is 186 Å². The molecule has 2 atom stereocenters. The van der Waals surface area contributed by atoms with Crippen molar-refractivity contribution in [1.29, 1.82) is 0 Å². The van der Waals surface area contributed by atoms with E-state index in [4.69, 9.17) is 26.8 Å². The summed E-state index contributed by atoms with van der Waals surface area (Å²) in [5.74, 6) is 0.860. The fourth-order valence-corrected chi connectivity index (χ4v) is 4.36. The Bertz CT molecular complexity index is 997. The molecule has 8 heteroatoms. The minimum Gasteiger partial charge on any atom is -0.454 e. The van der Waals surface area contributed by atoms with Gasteiger partial charge in [0.15, 0.2) is 11.5 Å².